The van der Waals surface area contributed by atoms with E-state index in [1.165, 1.54) is 16.9 Å². The maximum atomic E-state index is 12.4. The smallest absolute Gasteiger partial charge is 0.265 e. The number of thiophene rings is 1. The van der Waals surface area contributed by atoms with Crippen LogP contribution in [-0.2, 0) is 0 Å². The Balaban J connectivity index is 0.00000169. The number of rotatable bonds is 2. The highest BCUT2D eigenvalue weighted by Crippen LogP contribution is 2.28. The van der Waals surface area contributed by atoms with Gasteiger partial charge in [0.1, 0.15) is 4.83 Å². The van der Waals surface area contributed by atoms with Crippen LogP contribution in [0.15, 0.2) is 54.9 Å². The Morgan fingerprint density at radius 3 is 2.79 bits per heavy atom. The summed E-state index contributed by atoms with van der Waals surface area (Å²) in [6, 6.07) is 13.7. The van der Waals surface area contributed by atoms with Crippen molar-refractivity contribution >= 4 is 56.5 Å². The lowest BCUT2D eigenvalue weighted by Crippen LogP contribution is -2.09. The van der Waals surface area contributed by atoms with Crippen molar-refractivity contribution in [3.63, 3.8) is 0 Å². The van der Waals surface area contributed by atoms with Gasteiger partial charge in [-0.3, -0.25) is 9.78 Å². The van der Waals surface area contributed by atoms with Gasteiger partial charge in [-0.1, -0.05) is 11.6 Å². The van der Waals surface area contributed by atoms with E-state index in [2.05, 4.69) is 34.3 Å². The molecule has 3 aromatic heterocycles. The van der Waals surface area contributed by atoms with E-state index in [4.69, 9.17) is 0 Å². The number of aromatic nitrogens is 2. The van der Waals surface area contributed by atoms with E-state index < -0.39 is 0 Å². The SMILES string of the molecule is Cc1ccc2nc3sc(C(=O)Nc4cccnc4)cc3cc2c1.Cl. The number of carbonyl (C=O) groups is 1. The molecule has 0 aliphatic carbocycles. The van der Waals surface area contributed by atoms with Crippen molar-refractivity contribution in [3.05, 3.63) is 65.3 Å². The standard InChI is InChI=1S/C18H13N3OS.ClH/c1-11-4-5-15-12(7-11)8-13-9-16(23-18(13)21-15)17(22)20-14-3-2-6-19-10-14;/h2-10H,1H3,(H,20,22);1H. The predicted octanol–water partition coefficient (Wildman–Crippen LogP) is 4.83. The zero-order chi connectivity index (χ0) is 15.8. The second-order valence-electron chi connectivity index (χ2n) is 5.39. The Bertz CT molecular complexity index is 1030. The highest BCUT2D eigenvalue weighted by Gasteiger charge is 2.12. The molecule has 3 heterocycles. The van der Waals surface area contributed by atoms with Crippen LogP contribution in [0.3, 0.4) is 0 Å². The number of hydrogen-bond acceptors (Lipinski definition) is 4. The molecule has 4 rings (SSSR count). The molecule has 1 amide bonds. The number of anilines is 1. The maximum Gasteiger partial charge on any atom is 0.265 e. The van der Waals surface area contributed by atoms with Crippen molar-refractivity contribution in [2.45, 2.75) is 6.92 Å². The van der Waals surface area contributed by atoms with Crippen LogP contribution in [0, 0.1) is 6.92 Å². The van der Waals surface area contributed by atoms with Crippen LogP contribution in [-0.4, -0.2) is 15.9 Å². The summed E-state index contributed by atoms with van der Waals surface area (Å²) in [6.45, 7) is 2.06. The summed E-state index contributed by atoms with van der Waals surface area (Å²) in [5, 5.41) is 4.93. The van der Waals surface area contributed by atoms with E-state index in [9.17, 15) is 4.79 Å². The minimum atomic E-state index is -0.138. The number of halogens is 1. The molecule has 0 saturated carbocycles. The van der Waals surface area contributed by atoms with Crippen molar-refractivity contribution in [1.29, 1.82) is 0 Å². The number of amides is 1. The number of nitrogens with zero attached hydrogens (tertiary/aromatic N) is 2. The van der Waals surface area contributed by atoms with E-state index in [1.807, 2.05) is 24.3 Å². The number of benzene rings is 1. The molecule has 24 heavy (non-hydrogen) atoms. The average molecular weight is 356 g/mol. The summed E-state index contributed by atoms with van der Waals surface area (Å²) < 4.78 is 0. The van der Waals surface area contributed by atoms with Gasteiger partial charge in [0, 0.05) is 17.0 Å². The Hall–Kier alpha value is -2.50. The first-order chi connectivity index (χ1) is 11.2. The first-order valence-corrected chi connectivity index (χ1v) is 8.03. The Labute approximate surface area is 149 Å². The third kappa shape index (κ3) is 3.09. The van der Waals surface area contributed by atoms with Crippen LogP contribution < -0.4 is 5.32 Å². The fourth-order valence-electron chi connectivity index (χ4n) is 2.50. The lowest BCUT2D eigenvalue weighted by atomic mass is 10.1. The zero-order valence-corrected chi connectivity index (χ0v) is 14.4. The molecule has 0 bridgehead atoms. The molecule has 4 aromatic rings. The molecule has 0 aliphatic heterocycles. The molecule has 0 aliphatic rings. The van der Waals surface area contributed by atoms with Gasteiger partial charge in [0.2, 0.25) is 0 Å². The van der Waals surface area contributed by atoms with E-state index in [0.717, 1.165) is 21.1 Å². The van der Waals surface area contributed by atoms with Crippen LogP contribution in [0.1, 0.15) is 15.2 Å². The number of hydrogen-bond donors (Lipinski definition) is 1. The fraction of sp³-hybridized carbons (Fsp3) is 0.0556. The van der Waals surface area contributed by atoms with Crippen molar-refractivity contribution in [1.82, 2.24) is 9.97 Å². The van der Waals surface area contributed by atoms with Crippen molar-refractivity contribution in [2.24, 2.45) is 0 Å². The highest BCUT2D eigenvalue weighted by atomic mass is 35.5. The first-order valence-electron chi connectivity index (χ1n) is 7.21. The molecule has 0 unspecified atom stereocenters. The average Bonchev–Trinajstić information content (AvgIpc) is 2.96. The van der Waals surface area contributed by atoms with E-state index in [0.29, 0.717) is 10.6 Å². The monoisotopic (exact) mass is 355 g/mol. The van der Waals surface area contributed by atoms with Crippen LogP contribution in [0.2, 0.25) is 0 Å². The third-order valence-electron chi connectivity index (χ3n) is 3.60. The first kappa shape index (κ1) is 16.4. The van der Waals surface area contributed by atoms with Gasteiger partial charge in [-0.15, -0.1) is 23.7 Å². The summed E-state index contributed by atoms with van der Waals surface area (Å²) in [6.07, 6.45) is 3.30. The van der Waals surface area contributed by atoms with E-state index >= 15 is 0 Å². The Kier molecular flexibility index (Phi) is 4.46. The van der Waals surface area contributed by atoms with Gasteiger partial charge in [0.15, 0.2) is 0 Å². The molecular weight excluding hydrogens is 342 g/mol. The molecule has 0 spiro atoms. The minimum Gasteiger partial charge on any atom is -0.320 e. The number of pyridine rings is 2. The third-order valence-corrected chi connectivity index (χ3v) is 4.64. The van der Waals surface area contributed by atoms with E-state index in [-0.39, 0.29) is 18.3 Å². The largest absolute Gasteiger partial charge is 0.320 e. The normalized spacial score (nSPS) is 10.5. The predicted molar refractivity (Wildman–Crippen MR) is 101 cm³/mol. The van der Waals surface area contributed by atoms with Gasteiger partial charge in [0.25, 0.3) is 5.91 Å². The number of carbonyl (C=O) groups excluding carboxylic acids is 1. The van der Waals surface area contributed by atoms with Crippen LogP contribution in [0.5, 0.6) is 0 Å². The van der Waals surface area contributed by atoms with Crippen molar-refractivity contribution in [2.75, 3.05) is 5.32 Å². The Morgan fingerprint density at radius 1 is 1.12 bits per heavy atom. The molecule has 4 nitrogen and oxygen atoms in total. The molecule has 0 radical (unpaired) electrons. The molecule has 6 heteroatoms. The molecular formula is C18H14ClN3OS. The Morgan fingerprint density at radius 2 is 2.00 bits per heavy atom. The molecule has 0 atom stereocenters. The molecule has 120 valence electrons. The number of aryl methyl sites for hydroxylation is 1. The van der Waals surface area contributed by atoms with Crippen LogP contribution >= 0.6 is 23.7 Å². The topological polar surface area (TPSA) is 54.9 Å². The second-order valence-corrected chi connectivity index (χ2v) is 6.42. The molecule has 1 aromatic carbocycles. The summed E-state index contributed by atoms with van der Waals surface area (Å²) in [4.78, 5) is 22.5. The summed E-state index contributed by atoms with van der Waals surface area (Å²) >= 11 is 1.40. The van der Waals surface area contributed by atoms with Crippen LogP contribution in [0.25, 0.3) is 21.1 Å². The molecule has 0 saturated heterocycles. The van der Waals surface area contributed by atoms with Gasteiger partial charge in [-0.2, -0.15) is 0 Å². The molecule has 0 fully saturated rings. The van der Waals surface area contributed by atoms with Gasteiger partial charge in [-0.05, 0) is 43.3 Å². The summed E-state index contributed by atoms with van der Waals surface area (Å²) in [5.41, 5.74) is 2.83. The zero-order valence-electron chi connectivity index (χ0n) is 12.8. The van der Waals surface area contributed by atoms with Crippen molar-refractivity contribution in [3.8, 4) is 0 Å². The minimum absolute atomic E-state index is 0. The van der Waals surface area contributed by atoms with E-state index in [1.54, 1.807) is 18.5 Å². The molecule has 1 N–H and O–H groups in total. The lowest BCUT2D eigenvalue weighted by molar-refractivity contribution is 0.103. The quantitative estimate of drug-likeness (QED) is 0.560. The number of fused-ring (bicyclic) bond motifs is 2. The maximum absolute atomic E-state index is 12.4. The lowest BCUT2D eigenvalue weighted by Gasteiger charge is -2.01. The van der Waals surface area contributed by atoms with Crippen LogP contribution in [0.4, 0.5) is 5.69 Å². The van der Waals surface area contributed by atoms with Gasteiger partial charge in [-0.25, -0.2) is 4.98 Å². The van der Waals surface area contributed by atoms with Gasteiger partial charge >= 0.3 is 0 Å². The van der Waals surface area contributed by atoms with Crippen molar-refractivity contribution < 1.29 is 4.79 Å². The highest BCUT2D eigenvalue weighted by molar-refractivity contribution is 7.20. The summed E-state index contributed by atoms with van der Waals surface area (Å²) in [5.74, 6) is -0.138. The fourth-order valence-corrected chi connectivity index (χ4v) is 3.41. The summed E-state index contributed by atoms with van der Waals surface area (Å²) in [7, 11) is 0. The van der Waals surface area contributed by atoms with Gasteiger partial charge in [0.05, 0.1) is 22.3 Å². The van der Waals surface area contributed by atoms with Gasteiger partial charge < -0.3 is 5.32 Å². The second kappa shape index (κ2) is 6.55. The number of nitrogens with one attached hydrogen (secondary N) is 1.